The first-order chi connectivity index (χ1) is 11.5. The Morgan fingerprint density at radius 1 is 1.33 bits per heavy atom. The van der Waals surface area contributed by atoms with Gasteiger partial charge in [-0.25, -0.2) is 8.42 Å². The molecule has 0 bridgehead atoms. The third kappa shape index (κ3) is 4.02. The third-order valence-electron chi connectivity index (χ3n) is 4.33. The van der Waals surface area contributed by atoms with E-state index in [-0.39, 0.29) is 11.6 Å². The monoisotopic (exact) mass is 349 g/mol. The highest BCUT2D eigenvalue weighted by Crippen LogP contribution is 2.33. The molecule has 1 aromatic carbocycles. The molecule has 0 fully saturated rings. The van der Waals surface area contributed by atoms with Crippen molar-refractivity contribution in [2.24, 2.45) is 0 Å². The van der Waals surface area contributed by atoms with Crippen LogP contribution in [0.1, 0.15) is 48.6 Å². The van der Waals surface area contributed by atoms with Gasteiger partial charge in [-0.05, 0) is 24.0 Å². The first-order valence-corrected chi connectivity index (χ1v) is 10.3. The summed E-state index contributed by atoms with van der Waals surface area (Å²) >= 11 is 0. The van der Waals surface area contributed by atoms with E-state index in [9.17, 15) is 8.42 Å². The number of benzene rings is 1. The van der Waals surface area contributed by atoms with E-state index in [1.54, 1.807) is 0 Å². The van der Waals surface area contributed by atoms with Crippen LogP contribution in [0.4, 0.5) is 0 Å². The number of sulfone groups is 1. The topological polar surface area (TPSA) is 76.3 Å². The van der Waals surface area contributed by atoms with Crippen LogP contribution in [-0.4, -0.2) is 36.3 Å². The summed E-state index contributed by atoms with van der Waals surface area (Å²) in [7, 11) is -3.15. The molecule has 1 aromatic heterocycles. The first kappa shape index (κ1) is 17.1. The van der Waals surface area contributed by atoms with Crippen LogP contribution < -0.4 is 0 Å². The van der Waals surface area contributed by atoms with Gasteiger partial charge in [0.25, 0.3) is 0 Å². The predicted molar refractivity (Wildman–Crippen MR) is 91.1 cm³/mol. The molecular weight excluding hydrogens is 326 g/mol. The lowest BCUT2D eigenvalue weighted by atomic mass is 9.90. The van der Waals surface area contributed by atoms with Crippen molar-refractivity contribution in [3.05, 3.63) is 47.1 Å². The van der Waals surface area contributed by atoms with Crippen LogP contribution >= 0.6 is 0 Å². The van der Waals surface area contributed by atoms with E-state index in [2.05, 4.69) is 46.2 Å². The van der Waals surface area contributed by atoms with Gasteiger partial charge in [-0.2, -0.15) is 4.98 Å². The molecule has 2 heterocycles. The normalized spacial score (nSPS) is 18.5. The van der Waals surface area contributed by atoms with Crippen molar-refractivity contribution in [3.8, 4) is 0 Å². The maximum Gasteiger partial charge on any atom is 0.240 e. The van der Waals surface area contributed by atoms with Gasteiger partial charge in [-0.1, -0.05) is 42.8 Å². The summed E-state index contributed by atoms with van der Waals surface area (Å²) in [5, 5.41) is 3.79. The van der Waals surface area contributed by atoms with Crippen molar-refractivity contribution in [3.63, 3.8) is 0 Å². The Morgan fingerprint density at radius 3 is 2.88 bits per heavy atom. The lowest BCUT2D eigenvalue weighted by Crippen LogP contribution is -2.35. The maximum atomic E-state index is 11.3. The SMILES string of the molecule is CCC[C@@H]1c2ccccc2CCN1Cc1nc(CS(C)(=O)=O)no1. The average molecular weight is 349 g/mol. The molecule has 6 nitrogen and oxygen atoms in total. The number of nitrogens with zero attached hydrogens (tertiary/aromatic N) is 3. The summed E-state index contributed by atoms with van der Waals surface area (Å²) in [6, 6.07) is 8.91. The Labute approximate surface area is 142 Å². The van der Waals surface area contributed by atoms with E-state index >= 15 is 0 Å². The van der Waals surface area contributed by atoms with Crippen molar-refractivity contribution in [1.82, 2.24) is 15.0 Å². The summed E-state index contributed by atoms with van der Waals surface area (Å²) in [6.07, 6.45) is 4.34. The molecule has 0 unspecified atom stereocenters. The first-order valence-electron chi connectivity index (χ1n) is 8.27. The van der Waals surface area contributed by atoms with E-state index in [4.69, 9.17) is 4.52 Å². The Bertz CT molecular complexity index is 801. The Morgan fingerprint density at radius 2 is 2.12 bits per heavy atom. The number of fused-ring (bicyclic) bond motifs is 1. The van der Waals surface area contributed by atoms with Gasteiger partial charge in [-0.15, -0.1) is 0 Å². The molecule has 0 amide bonds. The van der Waals surface area contributed by atoms with Crippen LogP contribution in [0.2, 0.25) is 0 Å². The minimum Gasteiger partial charge on any atom is -0.338 e. The van der Waals surface area contributed by atoms with Gasteiger partial charge in [0, 0.05) is 18.8 Å². The van der Waals surface area contributed by atoms with Gasteiger partial charge in [0.2, 0.25) is 5.89 Å². The Kier molecular flexibility index (Phi) is 5.01. The fraction of sp³-hybridized carbons (Fsp3) is 0.529. The van der Waals surface area contributed by atoms with Crippen molar-refractivity contribution in [2.45, 2.75) is 44.5 Å². The molecule has 0 saturated carbocycles. The van der Waals surface area contributed by atoms with Crippen LogP contribution in [0.25, 0.3) is 0 Å². The van der Waals surface area contributed by atoms with Crippen molar-refractivity contribution >= 4 is 9.84 Å². The standard InChI is InChI=1S/C17H23N3O3S/c1-3-6-15-14-8-5-4-7-13(14)9-10-20(15)11-17-18-16(19-23-17)12-24(2,21)22/h4-5,7-8,15H,3,6,9-12H2,1-2H3/t15-/m1/s1. The molecule has 7 heteroatoms. The molecule has 1 atom stereocenters. The Hall–Kier alpha value is -1.73. The molecule has 0 aliphatic carbocycles. The van der Waals surface area contributed by atoms with Crippen molar-refractivity contribution in [2.75, 3.05) is 12.8 Å². The predicted octanol–water partition coefficient (Wildman–Crippen LogP) is 2.51. The van der Waals surface area contributed by atoms with E-state index in [0.717, 1.165) is 25.8 Å². The largest absolute Gasteiger partial charge is 0.338 e. The second kappa shape index (κ2) is 7.03. The molecular formula is C17H23N3O3S. The van der Waals surface area contributed by atoms with E-state index < -0.39 is 9.84 Å². The molecule has 3 rings (SSSR count). The highest BCUT2D eigenvalue weighted by molar-refractivity contribution is 7.89. The lowest BCUT2D eigenvalue weighted by Gasteiger charge is -2.36. The fourth-order valence-corrected chi connectivity index (χ4v) is 3.91. The van der Waals surface area contributed by atoms with Crippen molar-refractivity contribution in [1.29, 1.82) is 0 Å². The van der Waals surface area contributed by atoms with Crippen LogP contribution in [0.3, 0.4) is 0 Å². The van der Waals surface area contributed by atoms with Gasteiger partial charge in [0.15, 0.2) is 15.7 Å². The summed E-state index contributed by atoms with van der Waals surface area (Å²) in [5.74, 6) is 0.531. The summed E-state index contributed by atoms with van der Waals surface area (Å²) in [6.45, 7) is 3.67. The maximum absolute atomic E-state index is 11.3. The minimum absolute atomic E-state index is 0.183. The van der Waals surface area contributed by atoms with Gasteiger partial charge < -0.3 is 4.52 Å². The zero-order valence-corrected chi connectivity index (χ0v) is 14.9. The number of rotatable bonds is 6. The van der Waals surface area contributed by atoms with Crippen LogP contribution in [0, 0.1) is 0 Å². The molecule has 0 spiro atoms. The van der Waals surface area contributed by atoms with E-state index in [0.29, 0.717) is 18.5 Å². The Balaban J connectivity index is 1.77. The van der Waals surface area contributed by atoms with Crippen molar-refractivity contribution < 1.29 is 12.9 Å². The molecule has 0 saturated heterocycles. The smallest absolute Gasteiger partial charge is 0.240 e. The molecule has 2 aromatic rings. The second-order valence-electron chi connectivity index (χ2n) is 6.40. The summed E-state index contributed by atoms with van der Waals surface area (Å²) in [4.78, 5) is 6.59. The fourth-order valence-electron chi connectivity index (χ4n) is 3.33. The molecule has 1 aliphatic rings. The number of aromatic nitrogens is 2. The molecule has 0 N–H and O–H groups in total. The number of hydrogen-bond acceptors (Lipinski definition) is 6. The van der Waals surface area contributed by atoms with E-state index in [1.807, 2.05) is 0 Å². The number of hydrogen-bond donors (Lipinski definition) is 0. The zero-order valence-electron chi connectivity index (χ0n) is 14.1. The van der Waals surface area contributed by atoms with Gasteiger partial charge in [0.1, 0.15) is 5.75 Å². The van der Waals surface area contributed by atoms with Crippen LogP contribution in [-0.2, 0) is 28.6 Å². The molecule has 0 radical (unpaired) electrons. The molecule has 130 valence electrons. The summed E-state index contributed by atoms with van der Waals surface area (Å²) in [5.41, 5.74) is 2.79. The zero-order chi connectivity index (χ0) is 17.2. The van der Waals surface area contributed by atoms with Gasteiger partial charge in [0.05, 0.1) is 6.54 Å². The summed E-state index contributed by atoms with van der Waals surface area (Å²) < 4.78 is 27.9. The van der Waals surface area contributed by atoms with Crippen LogP contribution in [0.5, 0.6) is 0 Å². The van der Waals surface area contributed by atoms with Gasteiger partial charge >= 0.3 is 0 Å². The van der Waals surface area contributed by atoms with Crippen LogP contribution in [0.15, 0.2) is 28.8 Å². The average Bonchev–Trinajstić information content (AvgIpc) is 2.95. The third-order valence-corrected chi connectivity index (χ3v) is 5.11. The second-order valence-corrected chi connectivity index (χ2v) is 8.54. The minimum atomic E-state index is -3.15. The molecule has 24 heavy (non-hydrogen) atoms. The lowest BCUT2D eigenvalue weighted by molar-refractivity contribution is 0.146. The van der Waals surface area contributed by atoms with Gasteiger partial charge in [-0.3, -0.25) is 4.90 Å². The highest BCUT2D eigenvalue weighted by Gasteiger charge is 2.27. The van der Waals surface area contributed by atoms with E-state index in [1.165, 1.54) is 17.4 Å². The quantitative estimate of drug-likeness (QED) is 0.797. The molecule has 1 aliphatic heterocycles. The highest BCUT2D eigenvalue weighted by atomic mass is 32.2.